The molecule has 8 heteroatoms. The summed E-state index contributed by atoms with van der Waals surface area (Å²) >= 11 is 3.39. The van der Waals surface area contributed by atoms with E-state index < -0.39 is 10.0 Å². The number of ether oxygens (including phenoxy) is 1. The average Bonchev–Trinajstić information content (AvgIpc) is 2.81. The molecular weight excluding hydrogens is 504 g/mol. The monoisotopic (exact) mass is 534 g/mol. The van der Waals surface area contributed by atoms with Crippen molar-refractivity contribution < 1.29 is 17.9 Å². The van der Waals surface area contributed by atoms with Gasteiger partial charge in [0.15, 0.2) is 0 Å². The smallest absolute Gasteiger partial charge is 0.257 e. The summed E-state index contributed by atoms with van der Waals surface area (Å²) in [5, 5.41) is 0. The van der Waals surface area contributed by atoms with E-state index in [1.54, 1.807) is 34.6 Å². The van der Waals surface area contributed by atoms with Gasteiger partial charge in [-0.2, -0.15) is 4.31 Å². The summed E-state index contributed by atoms with van der Waals surface area (Å²) in [6.45, 7) is 3.56. The number of halogens is 1. The molecular formula is C25H31BrN2O4S. The molecule has 0 aromatic heterocycles. The highest BCUT2D eigenvalue weighted by molar-refractivity contribution is 9.10. The van der Waals surface area contributed by atoms with Gasteiger partial charge in [0.25, 0.3) is 5.91 Å². The standard InChI is InChI=1S/C25H31BrN2O4S/c1-2-27-17-7-8-18-28(33(30,31)20-15-13-19(26)14-16-20)22-10-4-6-12-24(22)32-23-11-5-3-9-21(23)25(27)29/h3,5,9,11,13-16,22,24H,2,4,6-8,10,12,17-18H2,1H3/t22-,24+/m1/s1. The van der Waals surface area contributed by atoms with Crippen molar-refractivity contribution in [2.24, 2.45) is 0 Å². The third-order valence-corrected chi connectivity index (χ3v) is 9.05. The number of carbonyl (C=O) groups is 1. The van der Waals surface area contributed by atoms with Crippen LogP contribution in [0.5, 0.6) is 5.75 Å². The fourth-order valence-electron chi connectivity index (χ4n) is 4.80. The first kappa shape index (κ1) is 24.2. The van der Waals surface area contributed by atoms with Gasteiger partial charge in [-0.3, -0.25) is 4.79 Å². The molecule has 1 fully saturated rings. The Morgan fingerprint density at radius 1 is 0.970 bits per heavy atom. The van der Waals surface area contributed by atoms with E-state index in [2.05, 4.69) is 15.9 Å². The van der Waals surface area contributed by atoms with Crippen LogP contribution in [0.15, 0.2) is 57.9 Å². The minimum Gasteiger partial charge on any atom is -0.488 e. The van der Waals surface area contributed by atoms with Crippen LogP contribution in [0.25, 0.3) is 0 Å². The number of fused-ring (bicyclic) bond motifs is 2. The van der Waals surface area contributed by atoms with Gasteiger partial charge in [0.05, 0.1) is 16.5 Å². The summed E-state index contributed by atoms with van der Waals surface area (Å²) in [7, 11) is -3.69. The maximum absolute atomic E-state index is 13.8. The van der Waals surface area contributed by atoms with Gasteiger partial charge >= 0.3 is 0 Å². The van der Waals surface area contributed by atoms with Crippen molar-refractivity contribution in [1.82, 2.24) is 9.21 Å². The van der Waals surface area contributed by atoms with Crippen molar-refractivity contribution in [3.8, 4) is 5.75 Å². The summed E-state index contributed by atoms with van der Waals surface area (Å²) < 4.78 is 36.5. The maximum atomic E-state index is 13.8. The summed E-state index contributed by atoms with van der Waals surface area (Å²) in [6.07, 6.45) is 4.57. The number of nitrogens with zero attached hydrogens (tertiary/aromatic N) is 2. The molecule has 0 N–H and O–H groups in total. The topological polar surface area (TPSA) is 66.9 Å². The zero-order valence-corrected chi connectivity index (χ0v) is 21.4. The van der Waals surface area contributed by atoms with E-state index >= 15 is 0 Å². The largest absolute Gasteiger partial charge is 0.488 e. The highest BCUT2D eigenvalue weighted by atomic mass is 79.9. The van der Waals surface area contributed by atoms with Crippen molar-refractivity contribution in [2.75, 3.05) is 19.6 Å². The molecule has 2 aliphatic rings. The number of carbonyl (C=O) groups excluding carboxylic acids is 1. The Bertz CT molecular complexity index is 1070. The molecule has 1 heterocycles. The Kier molecular flexibility index (Phi) is 7.76. The lowest BCUT2D eigenvalue weighted by atomic mass is 9.92. The second kappa shape index (κ2) is 10.6. The molecule has 33 heavy (non-hydrogen) atoms. The van der Waals surface area contributed by atoms with E-state index in [1.807, 2.05) is 30.0 Å². The number of rotatable bonds is 3. The number of sulfonamides is 1. The minimum absolute atomic E-state index is 0.0274. The molecule has 1 aliphatic carbocycles. The molecule has 0 saturated heterocycles. The van der Waals surface area contributed by atoms with E-state index in [0.717, 1.165) is 36.6 Å². The van der Waals surface area contributed by atoms with Gasteiger partial charge < -0.3 is 9.64 Å². The van der Waals surface area contributed by atoms with Gasteiger partial charge in [0, 0.05) is 24.1 Å². The van der Waals surface area contributed by atoms with Gasteiger partial charge in [0.2, 0.25) is 10.0 Å². The van der Waals surface area contributed by atoms with Crippen molar-refractivity contribution in [3.63, 3.8) is 0 Å². The van der Waals surface area contributed by atoms with E-state index in [1.165, 1.54) is 0 Å². The van der Waals surface area contributed by atoms with Gasteiger partial charge in [0.1, 0.15) is 11.9 Å². The van der Waals surface area contributed by atoms with E-state index in [9.17, 15) is 13.2 Å². The first-order valence-corrected chi connectivity index (χ1v) is 14.0. The van der Waals surface area contributed by atoms with Crippen LogP contribution in [0.2, 0.25) is 0 Å². The summed E-state index contributed by atoms with van der Waals surface area (Å²) in [5.74, 6) is 0.514. The number of hydrogen-bond acceptors (Lipinski definition) is 4. The fourth-order valence-corrected chi connectivity index (χ4v) is 6.79. The predicted octanol–water partition coefficient (Wildman–Crippen LogP) is 5.09. The van der Waals surface area contributed by atoms with E-state index in [0.29, 0.717) is 42.3 Å². The van der Waals surface area contributed by atoms with Crippen LogP contribution in [0, 0.1) is 0 Å². The maximum Gasteiger partial charge on any atom is 0.257 e. The first-order valence-electron chi connectivity index (χ1n) is 11.7. The average molecular weight is 536 g/mol. The molecule has 1 amide bonds. The Morgan fingerprint density at radius 3 is 2.42 bits per heavy atom. The molecule has 0 spiro atoms. The van der Waals surface area contributed by atoms with Gasteiger partial charge in [-0.05, 0) is 75.4 Å². The summed E-state index contributed by atoms with van der Waals surface area (Å²) in [5.41, 5.74) is 0.548. The number of para-hydroxylation sites is 1. The summed E-state index contributed by atoms with van der Waals surface area (Å²) in [4.78, 5) is 15.3. The molecule has 1 aliphatic heterocycles. The van der Waals surface area contributed by atoms with Crippen molar-refractivity contribution in [3.05, 3.63) is 58.6 Å². The van der Waals surface area contributed by atoms with Gasteiger partial charge in [-0.25, -0.2) is 8.42 Å². The van der Waals surface area contributed by atoms with Crippen LogP contribution >= 0.6 is 15.9 Å². The van der Waals surface area contributed by atoms with Crippen LogP contribution in [-0.4, -0.2) is 55.3 Å². The first-order chi connectivity index (χ1) is 15.9. The van der Waals surface area contributed by atoms with Crippen LogP contribution in [0.4, 0.5) is 0 Å². The van der Waals surface area contributed by atoms with E-state index in [4.69, 9.17) is 4.74 Å². The zero-order valence-electron chi connectivity index (χ0n) is 19.0. The predicted molar refractivity (Wildman–Crippen MR) is 132 cm³/mol. The van der Waals surface area contributed by atoms with Crippen LogP contribution in [0.3, 0.4) is 0 Å². The third kappa shape index (κ3) is 5.28. The molecule has 0 radical (unpaired) electrons. The Morgan fingerprint density at radius 2 is 1.67 bits per heavy atom. The quantitative estimate of drug-likeness (QED) is 0.550. The van der Waals surface area contributed by atoms with Crippen LogP contribution in [0.1, 0.15) is 55.8 Å². The normalized spacial score (nSPS) is 23.0. The molecule has 2 atom stereocenters. The molecule has 1 saturated carbocycles. The lowest BCUT2D eigenvalue weighted by Crippen LogP contribution is -2.51. The second-order valence-electron chi connectivity index (χ2n) is 8.67. The Labute approximate surface area is 205 Å². The van der Waals surface area contributed by atoms with Crippen LogP contribution < -0.4 is 4.74 Å². The van der Waals surface area contributed by atoms with Gasteiger partial charge in [-0.15, -0.1) is 0 Å². The molecule has 178 valence electrons. The third-order valence-electron chi connectivity index (χ3n) is 6.58. The SMILES string of the molecule is CCN1CCCCN(S(=O)(=O)c2ccc(Br)cc2)[C@@H]2CCCC[C@@H]2Oc2ccccc2C1=O. The number of amides is 1. The van der Waals surface area contributed by atoms with Crippen LogP contribution in [-0.2, 0) is 10.0 Å². The molecule has 6 nitrogen and oxygen atoms in total. The van der Waals surface area contributed by atoms with Crippen molar-refractivity contribution >= 4 is 31.9 Å². The highest BCUT2D eigenvalue weighted by Crippen LogP contribution is 2.33. The second-order valence-corrected chi connectivity index (χ2v) is 11.5. The molecule has 4 rings (SSSR count). The van der Waals surface area contributed by atoms with Crippen molar-refractivity contribution in [2.45, 2.75) is 62.5 Å². The van der Waals surface area contributed by atoms with Crippen molar-refractivity contribution in [1.29, 1.82) is 0 Å². The number of hydrogen-bond donors (Lipinski definition) is 0. The molecule has 2 aromatic rings. The Hall–Kier alpha value is -1.90. The lowest BCUT2D eigenvalue weighted by Gasteiger charge is -2.40. The molecule has 2 aromatic carbocycles. The minimum atomic E-state index is -3.69. The summed E-state index contributed by atoms with van der Waals surface area (Å²) in [6, 6.07) is 13.9. The lowest BCUT2D eigenvalue weighted by molar-refractivity contribution is 0.0641. The fraction of sp³-hybridized carbons (Fsp3) is 0.480. The molecule has 0 bridgehead atoms. The zero-order chi connectivity index (χ0) is 23.4. The van der Waals surface area contributed by atoms with Gasteiger partial charge in [-0.1, -0.05) is 34.5 Å². The Balaban J connectivity index is 1.74. The molecule has 0 unspecified atom stereocenters. The highest BCUT2D eigenvalue weighted by Gasteiger charge is 2.39. The van der Waals surface area contributed by atoms with E-state index in [-0.39, 0.29) is 18.1 Å². The number of benzene rings is 2.